The summed E-state index contributed by atoms with van der Waals surface area (Å²) in [5.74, 6) is 0.180. The predicted octanol–water partition coefficient (Wildman–Crippen LogP) is 2.97. The van der Waals surface area contributed by atoms with Crippen molar-refractivity contribution < 1.29 is 13.2 Å². The first kappa shape index (κ1) is 14.8. The zero-order valence-corrected chi connectivity index (χ0v) is 11.5. The smallest absolute Gasteiger partial charge is 0.316 e. The summed E-state index contributed by atoms with van der Waals surface area (Å²) in [6.45, 7) is 2.40. The van der Waals surface area contributed by atoms with E-state index in [1.54, 1.807) is 20.2 Å². The molecule has 0 atom stereocenters. The molecule has 0 unspecified atom stereocenters. The molecule has 0 fully saturated rings. The number of nitrogens with one attached hydrogen (secondary N) is 1. The topological polar surface area (TPSA) is 42.7 Å². The van der Waals surface area contributed by atoms with E-state index in [1.165, 1.54) is 4.68 Å². The molecule has 0 radical (unpaired) electrons. The lowest BCUT2D eigenvalue weighted by Gasteiger charge is -2.10. The summed E-state index contributed by atoms with van der Waals surface area (Å²) >= 11 is 5.89. The minimum absolute atomic E-state index is 0.0953. The highest BCUT2D eigenvalue weighted by Gasteiger charge is 2.31. The second-order valence-corrected chi connectivity index (χ2v) is 4.63. The Morgan fingerprint density at radius 1 is 1.35 bits per heavy atom. The Balaban J connectivity index is 2.44. The third-order valence-corrected chi connectivity index (χ3v) is 3.11. The second kappa shape index (κ2) is 5.41. The molecule has 4 nitrogen and oxygen atoms in total. The highest BCUT2D eigenvalue weighted by atomic mass is 35.5. The monoisotopic (exact) mass is 304 g/mol. The van der Waals surface area contributed by atoms with Gasteiger partial charge in [0.05, 0.1) is 16.8 Å². The van der Waals surface area contributed by atoms with Gasteiger partial charge in [-0.25, -0.2) is 9.67 Å². The lowest BCUT2D eigenvalue weighted by molar-refractivity contribution is -0.137. The standard InChI is InChI=1S/C12H12ClF3N4/c1-7-8(4-17-2)5-19-20(7)11-10(13)3-9(6-18-11)12(14,15)16/h3,5-6,17H,4H2,1-2H3. The number of aromatic nitrogens is 3. The largest absolute Gasteiger partial charge is 0.417 e. The number of pyridine rings is 1. The summed E-state index contributed by atoms with van der Waals surface area (Å²) in [5, 5.41) is 6.99. The zero-order chi connectivity index (χ0) is 14.9. The molecule has 0 aromatic carbocycles. The summed E-state index contributed by atoms with van der Waals surface area (Å²) in [4.78, 5) is 3.78. The first-order valence-corrected chi connectivity index (χ1v) is 6.13. The van der Waals surface area contributed by atoms with Crippen LogP contribution in [0, 0.1) is 6.92 Å². The van der Waals surface area contributed by atoms with Crippen LogP contribution >= 0.6 is 11.6 Å². The Labute approximate surface area is 118 Å². The summed E-state index contributed by atoms with van der Waals surface area (Å²) in [7, 11) is 1.79. The average molecular weight is 305 g/mol. The molecule has 0 saturated carbocycles. The van der Waals surface area contributed by atoms with Gasteiger partial charge in [-0.3, -0.25) is 0 Å². The van der Waals surface area contributed by atoms with E-state index in [0.717, 1.165) is 23.5 Å². The van der Waals surface area contributed by atoms with E-state index in [0.29, 0.717) is 6.54 Å². The van der Waals surface area contributed by atoms with Crippen molar-refractivity contribution in [3.63, 3.8) is 0 Å². The van der Waals surface area contributed by atoms with Crippen LogP contribution in [0.2, 0.25) is 5.02 Å². The second-order valence-electron chi connectivity index (χ2n) is 4.22. The van der Waals surface area contributed by atoms with Gasteiger partial charge in [-0.15, -0.1) is 0 Å². The maximum atomic E-state index is 12.6. The number of halogens is 4. The third kappa shape index (κ3) is 2.78. The van der Waals surface area contributed by atoms with Crippen LogP contribution in [0.3, 0.4) is 0 Å². The average Bonchev–Trinajstić information content (AvgIpc) is 2.71. The number of rotatable bonds is 3. The van der Waals surface area contributed by atoms with Gasteiger partial charge in [0.15, 0.2) is 5.82 Å². The van der Waals surface area contributed by atoms with Crippen LogP contribution in [0.1, 0.15) is 16.8 Å². The van der Waals surface area contributed by atoms with Gasteiger partial charge >= 0.3 is 6.18 Å². The van der Waals surface area contributed by atoms with E-state index in [2.05, 4.69) is 15.4 Å². The van der Waals surface area contributed by atoms with Crippen molar-refractivity contribution in [2.45, 2.75) is 19.6 Å². The Bertz CT molecular complexity index is 622. The minimum Gasteiger partial charge on any atom is -0.316 e. The lowest BCUT2D eigenvalue weighted by Crippen LogP contribution is -2.10. The molecule has 0 saturated heterocycles. The van der Waals surface area contributed by atoms with Gasteiger partial charge in [-0.05, 0) is 20.0 Å². The number of alkyl halides is 3. The summed E-state index contributed by atoms with van der Waals surface area (Å²) in [6, 6.07) is 0.850. The number of hydrogen-bond donors (Lipinski definition) is 1. The van der Waals surface area contributed by atoms with Crippen LogP contribution in [-0.2, 0) is 12.7 Å². The van der Waals surface area contributed by atoms with Gasteiger partial charge < -0.3 is 5.32 Å². The normalized spacial score (nSPS) is 11.9. The fraction of sp³-hybridized carbons (Fsp3) is 0.333. The maximum absolute atomic E-state index is 12.6. The summed E-state index contributed by atoms with van der Waals surface area (Å²) < 4.78 is 39.1. The van der Waals surface area contributed by atoms with E-state index in [9.17, 15) is 13.2 Å². The Kier molecular flexibility index (Phi) is 4.01. The van der Waals surface area contributed by atoms with Crippen LogP contribution in [0.5, 0.6) is 0 Å². The molecule has 0 aliphatic carbocycles. The van der Waals surface area contributed by atoms with Crippen molar-refractivity contribution in [3.05, 3.63) is 40.3 Å². The first-order chi connectivity index (χ1) is 9.34. The van der Waals surface area contributed by atoms with Gasteiger partial charge in [-0.1, -0.05) is 11.6 Å². The first-order valence-electron chi connectivity index (χ1n) is 5.75. The summed E-state index contributed by atoms with van der Waals surface area (Å²) in [5.41, 5.74) is 0.810. The molecule has 2 heterocycles. The van der Waals surface area contributed by atoms with Gasteiger partial charge in [0.1, 0.15) is 0 Å². The molecule has 2 aromatic heterocycles. The molecule has 1 N–H and O–H groups in total. The van der Waals surface area contributed by atoms with Crippen LogP contribution in [0.25, 0.3) is 5.82 Å². The molecule has 2 rings (SSSR count). The Morgan fingerprint density at radius 2 is 2.05 bits per heavy atom. The fourth-order valence-corrected chi connectivity index (χ4v) is 2.01. The van der Waals surface area contributed by atoms with Crippen LogP contribution in [0.15, 0.2) is 18.5 Å². The quantitative estimate of drug-likeness (QED) is 0.948. The van der Waals surface area contributed by atoms with Crippen molar-refractivity contribution in [3.8, 4) is 5.82 Å². The molecule has 8 heteroatoms. The van der Waals surface area contributed by atoms with Gasteiger partial charge in [0.25, 0.3) is 0 Å². The van der Waals surface area contributed by atoms with Crippen molar-refractivity contribution in [2.24, 2.45) is 0 Å². The molecule has 0 amide bonds. The van der Waals surface area contributed by atoms with E-state index in [1.807, 2.05) is 0 Å². The molecule has 2 aromatic rings. The fourth-order valence-electron chi connectivity index (χ4n) is 1.76. The SMILES string of the molecule is CNCc1cnn(-c2ncc(C(F)(F)F)cc2Cl)c1C. The molecule has 0 bridgehead atoms. The van der Waals surface area contributed by atoms with E-state index in [-0.39, 0.29) is 10.8 Å². The van der Waals surface area contributed by atoms with Crippen molar-refractivity contribution in [1.29, 1.82) is 0 Å². The van der Waals surface area contributed by atoms with Crippen molar-refractivity contribution in [1.82, 2.24) is 20.1 Å². The molecule has 108 valence electrons. The third-order valence-electron chi connectivity index (χ3n) is 2.83. The van der Waals surface area contributed by atoms with Crippen LogP contribution in [0.4, 0.5) is 13.2 Å². The zero-order valence-electron chi connectivity index (χ0n) is 10.8. The molecular formula is C12H12ClF3N4. The Hall–Kier alpha value is -1.60. The number of nitrogens with zero attached hydrogens (tertiary/aromatic N) is 3. The molecule has 0 aliphatic rings. The van der Waals surface area contributed by atoms with Crippen molar-refractivity contribution in [2.75, 3.05) is 7.05 Å². The van der Waals surface area contributed by atoms with E-state index in [4.69, 9.17) is 11.6 Å². The molecular weight excluding hydrogens is 293 g/mol. The van der Waals surface area contributed by atoms with E-state index >= 15 is 0 Å². The van der Waals surface area contributed by atoms with Gasteiger partial charge in [0.2, 0.25) is 0 Å². The minimum atomic E-state index is -4.47. The van der Waals surface area contributed by atoms with Crippen LogP contribution in [-0.4, -0.2) is 21.8 Å². The molecule has 0 aliphatic heterocycles. The molecule has 20 heavy (non-hydrogen) atoms. The highest BCUT2D eigenvalue weighted by Crippen LogP contribution is 2.32. The van der Waals surface area contributed by atoms with Gasteiger partial charge in [-0.2, -0.15) is 18.3 Å². The Morgan fingerprint density at radius 3 is 2.60 bits per heavy atom. The summed E-state index contributed by atoms with van der Waals surface area (Å²) in [6.07, 6.45) is -2.09. The maximum Gasteiger partial charge on any atom is 0.417 e. The predicted molar refractivity (Wildman–Crippen MR) is 68.9 cm³/mol. The van der Waals surface area contributed by atoms with Gasteiger partial charge in [0, 0.05) is 24.0 Å². The number of hydrogen-bond acceptors (Lipinski definition) is 3. The molecule has 0 spiro atoms. The highest BCUT2D eigenvalue weighted by molar-refractivity contribution is 6.32. The lowest BCUT2D eigenvalue weighted by atomic mass is 10.2. The van der Waals surface area contributed by atoms with Crippen molar-refractivity contribution >= 4 is 11.6 Å². The van der Waals surface area contributed by atoms with E-state index < -0.39 is 11.7 Å². The van der Waals surface area contributed by atoms with Crippen LogP contribution < -0.4 is 5.32 Å².